The maximum absolute atomic E-state index is 12.7. The van der Waals surface area contributed by atoms with Crippen LogP contribution < -0.4 is 9.80 Å². The van der Waals surface area contributed by atoms with Crippen LogP contribution in [0, 0.1) is 6.92 Å². The first-order valence-electron chi connectivity index (χ1n) is 9.38. The summed E-state index contributed by atoms with van der Waals surface area (Å²) in [4.78, 5) is 28.0. The van der Waals surface area contributed by atoms with E-state index in [2.05, 4.69) is 51.0 Å². The first kappa shape index (κ1) is 16.8. The lowest BCUT2D eigenvalue weighted by Crippen LogP contribution is -2.48. The van der Waals surface area contributed by atoms with E-state index in [1.54, 1.807) is 12.4 Å². The van der Waals surface area contributed by atoms with Crippen LogP contribution in [0.1, 0.15) is 28.8 Å². The van der Waals surface area contributed by atoms with Crippen molar-refractivity contribution in [3.63, 3.8) is 0 Å². The van der Waals surface area contributed by atoms with Crippen LogP contribution >= 0.6 is 0 Å². The molecule has 0 N–H and O–H groups in total. The van der Waals surface area contributed by atoms with Crippen LogP contribution in [-0.4, -0.2) is 60.0 Å². The lowest BCUT2D eigenvalue weighted by molar-refractivity contribution is 0.0746. The van der Waals surface area contributed by atoms with Gasteiger partial charge in [0.15, 0.2) is 0 Å². The van der Waals surface area contributed by atoms with Crippen LogP contribution in [0.4, 0.5) is 11.6 Å². The molecule has 6 nitrogen and oxygen atoms in total. The molecule has 0 aliphatic carbocycles. The zero-order valence-electron chi connectivity index (χ0n) is 15.3. The number of hydrogen-bond acceptors (Lipinski definition) is 5. The summed E-state index contributed by atoms with van der Waals surface area (Å²) in [6, 6.07) is 8.52. The van der Waals surface area contributed by atoms with Crippen molar-refractivity contribution in [3.05, 3.63) is 47.8 Å². The second-order valence-electron chi connectivity index (χ2n) is 7.08. The number of benzene rings is 1. The first-order chi connectivity index (χ1) is 12.7. The second-order valence-corrected chi connectivity index (χ2v) is 7.08. The van der Waals surface area contributed by atoms with E-state index < -0.39 is 0 Å². The molecule has 2 fully saturated rings. The Bertz CT molecular complexity index is 762. The lowest BCUT2D eigenvalue weighted by Gasteiger charge is -2.36. The Morgan fingerprint density at radius 3 is 2.27 bits per heavy atom. The minimum atomic E-state index is 0.0295. The molecule has 0 atom stereocenters. The molecule has 1 amide bonds. The third kappa shape index (κ3) is 3.49. The fraction of sp³-hybridized carbons (Fsp3) is 0.450. The van der Waals surface area contributed by atoms with Crippen molar-refractivity contribution in [2.24, 2.45) is 0 Å². The molecule has 1 aromatic heterocycles. The minimum absolute atomic E-state index is 0.0295. The zero-order chi connectivity index (χ0) is 17.9. The van der Waals surface area contributed by atoms with Crippen molar-refractivity contribution < 1.29 is 4.79 Å². The number of carbonyl (C=O) groups excluding carboxylic acids is 1. The molecule has 0 spiro atoms. The van der Waals surface area contributed by atoms with Crippen molar-refractivity contribution in [2.75, 3.05) is 49.1 Å². The molecule has 2 saturated heterocycles. The van der Waals surface area contributed by atoms with Gasteiger partial charge < -0.3 is 14.7 Å². The summed E-state index contributed by atoms with van der Waals surface area (Å²) in [5.41, 5.74) is 3.07. The summed E-state index contributed by atoms with van der Waals surface area (Å²) in [6.45, 7) is 7.27. The third-order valence-electron chi connectivity index (χ3n) is 5.21. The average Bonchev–Trinajstić information content (AvgIpc) is 3.23. The van der Waals surface area contributed by atoms with E-state index in [0.717, 1.165) is 45.2 Å². The van der Waals surface area contributed by atoms with Crippen molar-refractivity contribution in [3.8, 4) is 0 Å². The number of carbonyl (C=O) groups is 1. The van der Waals surface area contributed by atoms with Gasteiger partial charge in [-0.1, -0.05) is 12.1 Å². The standard InChI is InChI=1S/C20H25N5O/c1-16-5-4-6-18(13-16)23-9-11-24(12-10-23)19(26)17-14-21-20(22-15-17)25-7-2-3-8-25/h4-6,13-15H,2-3,7-12H2,1H3. The fourth-order valence-corrected chi connectivity index (χ4v) is 3.69. The van der Waals surface area contributed by atoms with E-state index in [-0.39, 0.29) is 5.91 Å². The normalized spacial score (nSPS) is 17.7. The van der Waals surface area contributed by atoms with Gasteiger partial charge in [-0.25, -0.2) is 9.97 Å². The summed E-state index contributed by atoms with van der Waals surface area (Å²) >= 11 is 0. The molecule has 2 aliphatic rings. The van der Waals surface area contributed by atoms with E-state index >= 15 is 0 Å². The Morgan fingerprint density at radius 1 is 0.923 bits per heavy atom. The number of anilines is 2. The lowest BCUT2D eigenvalue weighted by atomic mass is 10.2. The van der Waals surface area contributed by atoms with Gasteiger partial charge in [0.05, 0.1) is 5.56 Å². The number of aryl methyl sites for hydroxylation is 1. The van der Waals surface area contributed by atoms with E-state index in [1.165, 1.54) is 24.1 Å². The maximum Gasteiger partial charge on any atom is 0.257 e. The van der Waals surface area contributed by atoms with Crippen LogP contribution in [0.15, 0.2) is 36.7 Å². The van der Waals surface area contributed by atoms with Gasteiger partial charge in [0.25, 0.3) is 5.91 Å². The molecular weight excluding hydrogens is 326 g/mol. The highest BCUT2D eigenvalue weighted by Crippen LogP contribution is 2.19. The van der Waals surface area contributed by atoms with E-state index in [9.17, 15) is 4.79 Å². The number of nitrogens with zero attached hydrogens (tertiary/aromatic N) is 5. The topological polar surface area (TPSA) is 52.6 Å². The molecule has 6 heteroatoms. The van der Waals surface area contributed by atoms with E-state index in [1.807, 2.05) is 4.90 Å². The zero-order valence-corrected chi connectivity index (χ0v) is 15.3. The van der Waals surface area contributed by atoms with Crippen LogP contribution in [0.2, 0.25) is 0 Å². The Morgan fingerprint density at radius 2 is 1.62 bits per heavy atom. The molecule has 1 aromatic carbocycles. The smallest absolute Gasteiger partial charge is 0.257 e. The number of hydrogen-bond donors (Lipinski definition) is 0. The SMILES string of the molecule is Cc1cccc(N2CCN(C(=O)c3cnc(N4CCCC4)nc3)CC2)c1. The van der Waals surface area contributed by atoms with Gasteiger partial charge in [-0.05, 0) is 37.5 Å². The predicted octanol–water partition coefficient (Wildman–Crippen LogP) is 2.35. The average molecular weight is 351 g/mol. The minimum Gasteiger partial charge on any atom is -0.368 e. The number of piperazine rings is 1. The summed E-state index contributed by atoms with van der Waals surface area (Å²) in [7, 11) is 0. The molecule has 26 heavy (non-hydrogen) atoms. The summed E-state index contributed by atoms with van der Waals surface area (Å²) in [5.74, 6) is 0.769. The van der Waals surface area contributed by atoms with Crippen LogP contribution in [-0.2, 0) is 0 Å². The van der Waals surface area contributed by atoms with Crippen molar-refractivity contribution in [1.82, 2.24) is 14.9 Å². The van der Waals surface area contributed by atoms with Gasteiger partial charge in [-0.3, -0.25) is 4.79 Å². The van der Waals surface area contributed by atoms with Gasteiger partial charge in [0.2, 0.25) is 5.95 Å². The van der Waals surface area contributed by atoms with Gasteiger partial charge in [-0.2, -0.15) is 0 Å². The number of aromatic nitrogens is 2. The van der Waals surface area contributed by atoms with Crippen molar-refractivity contribution >= 4 is 17.5 Å². The van der Waals surface area contributed by atoms with Crippen LogP contribution in [0.25, 0.3) is 0 Å². The van der Waals surface area contributed by atoms with Gasteiger partial charge in [0.1, 0.15) is 0 Å². The number of amides is 1. The largest absolute Gasteiger partial charge is 0.368 e. The molecule has 0 bridgehead atoms. The highest BCUT2D eigenvalue weighted by atomic mass is 16.2. The fourth-order valence-electron chi connectivity index (χ4n) is 3.69. The van der Waals surface area contributed by atoms with E-state index in [0.29, 0.717) is 5.56 Å². The Balaban J connectivity index is 1.37. The highest BCUT2D eigenvalue weighted by Gasteiger charge is 2.23. The van der Waals surface area contributed by atoms with Gasteiger partial charge >= 0.3 is 0 Å². The molecule has 136 valence electrons. The predicted molar refractivity (Wildman–Crippen MR) is 103 cm³/mol. The Hall–Kier alpha value is -2.63. The van der Waals surface area contributed by atoms with Crippen LogP contribution in [0.3, 0.4) is 0 Å². The molecule has 3 heterocycles. The van der Waals surface area contributed by atoms with Crippen molar-refractivity contribution in [2.45, 2.75) is 19.8 Å². The highest BCUT2D eigenvalue weighted by molar-refractivity contribution is 5.93. The molecule has 4 rings (SSSR count). The Labute approximate surface area is 154 Å². The third-order valence-corrected chi connectivity index (χ3v) is 5.21. The summed E-state index contributed by atoms with van der Waals surface area (Å²) in [5, 5.41) is 0. The van der Waals surface area contributed by atoms with Crippen LogP contribution in [0.5, 0.6) is 0 Å². The molecule has 2 aromatic rings. The maximum atomic E-state index is 12.7. The molecular formula is C20H25N5O. The molecule has 0 unspecified atom stereocenters. The monoisotopic (exact) mass is 351 g/mol. The number of rotatable bonds is 3. The molecule has 2 aliphatic heterocycles. The van der Waals surface area contributed by atoms with Gasteiger partial charge in [-0.15, -0.1) is 0 Å². The molecule has 0 saturated carbocycles. The summed E-state index contributed by atoms with van der Waals surface area (Å²) < 4.78 is 0. The molecule has 0 radical (unpaired) electrons. The van der Waals surface area contributed by atoms with E-state index in [4.69, 9.17) is 0 Å². The van der Waals surface area contributed by atoms with Crippen molar-refractivity contribution in [1.29, 1.82) is 0 Å². The van der Waals surface area contributed by atoms with Gasteiger partial charge in [0, 0.05) is 57.3 Å². The Kier molecular flexibility index (Phi) is 4.73. The second kappa shape index (κ2) is 7.32. The quantitative estimate of drug-likeness (QED) is 0.850. The summed E-state index contributed by atoms with van der Waals surface area (Å²) in [6.07, 6.45) is 5.73. The first-order valence-corrected chi connectivity index (χ1v) is 9.38.